The number of allylic oxidation sites excluding steroid dienone is 2. The number of aryl methyl sites for hydroxylation is 1. The molecule has 178 valence electrons. The number of tetrazole rings is 1. The minimum atomic E-state index is -0.630. The van der Waals surface area contributed by atoms with Crippen LogP contribution in [0.4, 0.5) is 0 Å². The molecule has 3 aromatic rings. The number of unbranched alkanes of at least 4 members (excludes halogenated alkanes) is 1. The van der Waals surface area contributed by atoms with Crippen LogP contribution in [-0.2, 0) is 24.9 Å². The van der Waals surface area contributed by atoms with Gasteiger partial charge in [0.25, 0.3) is 0 Å². The Balaban J connectivity index is 1.35. The molecule has 34 heavy (non-hydrogen) atoms. The van der Waals surface area contributed by atoms with Crippen molar-refractivity contribution in [2.24, 2.45) is 5.92 Å². The number of nitrogens with one attached hydrogen (secondary N) is 2. The molecule has 5 rings (SSSR count). The second-order valence-corrected chi connectivity index (χ2v) is 9.51. The smallest absolute Gasteiger partial charge is 0.208 e. The molecule has 0 amide bonds. The lowest BCUT2D eigenvalue weighted by Gasteiger charge is -2.30. The van der Waals surface area contributed by atoms with Crippen molar-refractivity contribution in [2.75, 3.05) is 0 Å². The third-order valence-electron chi connectivity index (χ3n) is 7.05. The van der Waals surface area contributed by atoms with Crippen LogP contribution in [-0.4, -0.2) is 35.4 Å². The molecule has 0 spiro atoms. The van der Waals surface area contributed by atoms with Gasteiger partial charge in [-0.25, -0.2) is 9.67 Å². The molecule has 0 saturated heterocycles. The van der Waals surface area contributed by atoms with Gasteiger partial charge in [0, 0.05) is 19.4 Å². The highest BCUT2D eigenvalue weighted by Crippen LogP contribution is 2.31. The van der Waals surface area contributed by atoms with Gasteiger partial charge in [-0.15, -0.1) is 10.2 Å². The van der Waals surface area contributed by atoms with E-state index in [1.165, 1.54) is 37.7 Å². The number of benzene rings is 1. The first-order chi connectivity index (χ1) is 16.8. The van der Waals surface area contributed by atoms with Crippen LogP contribution in [0.15, 0.2) is 48.7 Å². The van der Waals surface area contributed by atoms with Gasteiger partial charge in [0.15, 0.2) is 5.82 Å². The van der Waals surface area contributed by atoms with Crippen LogP contribution in [0.1, 0.15) is 80.5 Å². The molecule has 1 unspecified atom stereocenters. The van der Waals surface area contributed by atoms with E-state index in [4.69, 9.17) is 10.1 Å². The summed E-state index contributed by atoms with van der Waals surface area (Å²) >= 11 is 0. The number of aromatic nitrogens is 7. The second kappa shape index (κ2) is 10.3. The van der Waals surface area contributed by atoms with Crippen molar-refractivity contribution >= 4 is 0 Å². The molecular formula is C26H34N8. The molecular weight excluding hydrogens is 424 g/mol. The van der Waals surface area contributed by atoms with Gasteiger partial charge >= 0.3 is 0 Å². The maximum Gasteiger partial charge on any atom is 0.208 e. The summed E-state index contributed by atoms with van der Waals surface area (Å²) in [4.78, 5) is 5.01. The maximum absolute atomic E-state index is 5.01. The third-order valence-corrected chi connectivity index (χ3v) is 7.05. The fraction of sp³-hybridized carbons (Fsp3) is 0.500. The highest BCUT2D eigenvalue weighted by molar-refractivity contribution is 5.42. The van der Waals surface area contributed by atoms with Crippen molar-refractivity contribution < 1.29 is 0 Å². The lowest BCUT2D eigenvalue weighted by Crippen LogP contribution is -2.40. The number of rotatable bonds is 9. The van der Waals surface area contributed by atoms with Gasteiger partial charge in [0.1, 0.15) is 11.4 Å². The Bertz CT molecular complexity index is 1110. The average molecular weight is 459 g/mol. The van der Waals surface area contributed by atoms with E-state index in [9.17, 15) is 0 Å². The molecule has 1 aliphatic carbocycles. The van der Waals surface area contributed by atoms with Crippen molar-refractivity contribution in [3.05, 3.63) is 77.3 Å². The largest absolute Gasteiger partial charge is 0.372 e. The van der Waals surface area contributed by atoms with Gasteiger partial charge in [-0.1, -0.05) is 81.0 Å². The predicted molar refractivity (Wildman–Crippen MR) is 131 cm³/mol. The molecule has 1 aromatic carbocycles. The lowest BCUT2D eigenvalue weighted by molar-refractivity contribution is 0.351. The standard InChI is InChI=1S/C26H34N8/c1-2-3-17-34-24(28-23(31-34)18-20-9-5-4-6-10-20)19-21-11-13-22(14-12-21)26(15-7-8-16-27-26)25-29-32-33-30-25/h7-8,11-16,20,27H,2-6,9-10,17-19H2,1H3,(H,29,30,32,33). The number of hydrogen-bond acceptors (Lipinski definition) is 6. The minimum Gasteiger partial charge on any atom is -0.372 e. The average Bonchev–Trinajstić information content (AvgIpc) is 3.55. The van der Waals surface area contributed by atoms with Crippen molar-refractivity contribution in [1.82, 2.24) is 40.7 Å². The molecule has 0 radical (unpaired) electrons. The molecule has 8 heteroatoms. The number of hydrogen-bond donors (Lipinski definition) is 2. The number of H-pyrrole nitrogens is 1. The van der Waals surface area contributed by atoms with E-state index in [1.54, 1.807) is 0 Å². The first-order valence-corrected chi connectivity index (χ1v) is 12.6. The lowest BCUT2D eigenvalue weighted by atomic mass is 9.86. The van der Waals surface area contributed by atoms with E-state index in [2.05, 4.69) is 67.9 Å². The SMILES string of the molecule is CCCCn1nc(CC2CCCCC2)nc1Cc1ccc(C2(c3nn[nH]n3)C=CC=CN2)cc1. The van der Waals surface area contributed by atoms with Crippen molar-refractivity contribution in [3.8, 4) is 0 Å². The van der Waals surface area contributed by atoms with Crippen LogP contribution >= 0.6 is 0 Å². The fourth-order valence-corrected chi connectivity index (χ4v) is 5.11. The Morgan fingerprint density at radius 2 is 1.94 bits per heavy atom. The van der Waals surface area contributed by atoms with Crippen LogP contribution in [0.5, 0.6) is 0 Å². The molecule has 8 nitrogen and oxygen atoms in total. The molecule has 1 fully saturated rings. The number of dihydropyridines is 1. The molecule has 2 aromatic heterocycles. The van der Waals surface area contributed by atoms with E-state index in [1.807, 2.05) is 18.4 Å². The van der Waals surface area contributed by atoms with Gasteiger partial charge in [-0.3, -0.25) is 0 Å². The number of nitrogens with zero attached hydrogens (tertiary/aromatic N) is 6. The Kier molecular flexibility index (Phi) is 6.83. The summed E-state index contributed by atoms with van der Waals surface area (Å²) in [6.07, 6.45) is 18.7. The third kappa shape index (κ3) is 4.81. The van der Waals surface area contributed by atoms with Crippen molar-refractivity contribution in [2.45, 2.75) is 76.8 Å². The highest BCUT2D eigenvalue weighted by atomic mass is 15.5. The first-order valence-electron chi connectivity index (χ1n) is 12.6. The fourth-order valence-electron chi connectivity index (χ4n) is 5.11. The van der Waals surface area contributed by atoms with Crippen molar-refractivity contribution in [1.29, 1.82) is 0 Å². The van der Waals surface area contributed by atoms with E-state index >= 15 is 0 Å². The minimum absolute atomic E-state index is 0.590. The summed E-state index contributed by atoms with van der Waals surface area (Å²) in [6.45, 7) is 3.16. The van der Waals surface area contributed by atoms with E-state index in [0.29, 0.717) is 5.82 Å². The second-order valence-electron chi connectivity index (χ2n) is 9.51. The molecule has 1 saturated carbocycles. The van der Waals surface area contributed by atoms with Crippen LogP contribution in [0.3, 0.4) is 0 Å². The van der Waals surface area contributed by atoms with E-state index in [-0.39, 0.29) is 0 Å². The summed E-state index contributed by atoms with van der Waals surface area (Å²) in [6, 6.07) is 8.62. The van der Waals surface area contributed by atoms with Crippen LogP contribution < -0.4 is 5.32 Å². The van der Waals surface area contributed by atoms with Crippen LogP contribution in [0.2, 0.25) is 0 Å². The highest BCUT2D eigenvalue weighted by Gasteiger charge is 2.35. The summed E-state index contributed by atoms with van der Waals surface area (Å²) in [5.41, 5.74) is 1.65. The summed E-state index contributed by atoms with van der Waals surface area (Å²) in [5.74, 6) is 3.43. The molecule has 3 heterocycles. The number of aromatic amines is 1. The van der Waals surface area contributed by atoms with Crippen molar-refractivity contribution in [3.63, 3.8) is 0 Å². The zero-order chi connectivity index (χ0) is 23.2. The predicted octanol–water partition coefficient (Wildman–Crippen LogP) is 4.22. The monoisotopic (exact) mass is 458 g/mol. The first kappa shape index (κ1) is 22.5. The molecule has 0 bridgehead atoms. The van der Waals surface area contributed by atoms with Gasteiger partial charge in [-0.2, -0.15) is 10.3 Å². The quantitative estimate of drug-likeness (QED) is 0.498. The topological polar surface area (TPSA) is 97.2 Å². The Labute approximate surface area is 201 Å². The summed E-state index contributed by atoms with van der Waals surface area (Å²) < 4.78 is 2.15. The molecule has 2 aliphatic rings. The summed E-state index contributed by atoms with van der Waals surface area (Å²) in [7, 11) is 0. The normalized spacial score (nSPS) is 20.5. The summed E-state index contributed by atoms with van der Waals surface area (Å²) in [5, 5.41) is 23.2. The van der Waals surface area contributed by atoms with Gasteiger partial charge in [-0.05, 0) is 41.8 Å². The van der Waals surface area contributed by atoms with Crippen LogP contribution in [0.25, 0.3) is 0 Å². The van der Waals surface area contributed by atoms with Gasteiger partial charge in [0.05, 0.1) is 0 Å². The molecule has 1 atom stereocenters. The molecule has 2 N–H and O–H groups in total. The Morgan fingerprint density at radius 3 is 2.65 bits per heavy atom. The van der Waals surface area contributed by atoms with Gasteiger partial charge in [0.2, 0.25) is 5.82 Å². The van der Waals surface area contributed by atoms with E-state index in [0.717, 1.165) is 55.4 Å². The molecule has 1 aliphatic heterocycles. The van der Waals surface area contributed by atoms with Crippen LogP contribution in [0, 0.1) is 5.92 Å². The maximum atomic E-state index is 5.01. The Hall–Kier alpha value is -3.29. The van der Waals surface area contributed by atoms with E-state index < -0.39 is 5.54 Å². The van der Waals surface area contributed by atoms with Gasteiger partial charge < -0.3 is 5.32 Å². The Morgan fingerprint density at radius 1 is 1.09 bits per heavy atom. The zero-order valence-electron chi connectivity index (χ0n) is 20.0. The zero-order valence-corrected chi connectivity index (χ0v) is 20.0.